The number of rotatable bonds is 6. The molecule has 2 aromatic heterocycles. The number of nitrogens with two attached hydrogens (primary N) is 2. The number of fused-ring (bicyclic) bond motifs is 1. The topological polar surface area (TPSA) is 146 Å². The molecule has 5 rings (SSSR count). The van der Waals surface area contributed by atoms with Crippen molar-refractivity contribution in [1.29, 1.82) is 0 Å². The van der Waals surface area contributed by atoms with E-state index in [9.17, 15) is 13.2 Å². The molecule has 0 radical (unpaired) electrons. The lowest BCUT2D eigenvalue weighted by molar-refractivity contribution is 0.101. The average molecular weight is 531 g/mol. The molecule has 0 spiro atoms. The summed E-state index contributed by atoms with van der Waals surface area (Å²) >= 11 is 0. The molecule has 38 heavy (non-hydrogen) atoms. The summed E-state index contributed by atoms with van der Waals surface area (Å²) in [5, 5.41) is 14.0. The minimum Gasteiger partial charge on any atom is -0.383 e. The number of anilines is 2. The Kier molecular flexibility index (Phi) is 6.39. The van der Waals surface area contributed by atoms with E-state index >= 15 is 4.39 Å². The normalized spacial score (nSPS) is 11.6. The summed E-state index contributed by atoms with van der Waals surface area (Å²) < 4.78 is 40.5. The smallest absolute Gasteiger partial charge is 0.274 e. The summed E-state index contributed by atoms with van der Waals surface area (Å²) in [6, 6.07) is 19.0. The summed E-state index contributed by atoms with van der Waals surface area (Å²) in [5.74, 6) is -0.969. The van der Waals surface area contributed by atoms with Gasteiger partial charge in [0.05, 0.1) is 22.0 Å². The summed E-state index contributed by atoms with van der Waals surface area (Å²) in [5.41, 5.74) is 7.97. The van der Waals surface area contributed by atoms with Gasteiger partial charge in [0.2, 0.25) is 10.0 Å². The number of hydrogen-bond acceptors (Lipinski definition) is 6. The van der Waals surface area contributed by atoms with Crippen LogP contribution in [0.2, 0.25) is 0 Å². The maximum absolute atomic E-state index is 15.1. The molecule has 0 aliphatic heterocycles. The third-order valence-corrected chi connectivity index (χ3v) is 7.07. The first-order valence-corrected chi connectivity index (χ1v) is 13.2. The molecule has 0 atom stereocenters. The molecule has 0 saturated heterocycles. The number of amides is 1. The molecule has 0 fully saturated rings. The Morgan fingerprint density at radius 1 is 1.05 bits per heavy atom. The molecule has 5 N–H and O–H groups in total. The quantitative estimate of drug-likeness (QED) is 0.299. The zero-order chi connectivity index (χ0) is 27.0. The van der Waals surface area contributed by atoms with Gasteiger partial charge >= 0.3 is 0 Å². The second-order valence-corrected chi connectivity index (χ2v) is 10.1. The van der Waals surface area contributed by atoms with Crippen LogP contribution in [0.3, 0.4) is 0 Å². The molecule has 0 saturated carbocycles. The van der Waals surface area contributed by atoms with E-state index < -0.39 is 21.7 Å². The SMILES string of the molecule is CCc1cc(C(=O)Nc2ccc(-c3ccccc3S(N)(=O)=O)cc2F)n(-c2ccc3ccnc(N)c3c2)n1. The van der Waals surface area contributed by atoms with Gasteiger partial charge in [0.15, 0.2) is 0 Å². The highest BCUT2D eigenvalue weighted by atomic mass is 32.2. The molecule has 11 heteroatoms. The molecule has 2 heterocycles. The van der Waals surface area contributed by atoms with E-state index in [0.717, 1.165) is 11.5 Å². The number of primary sulfonamides is 1. The predicted octanol–water partition coefficient (Wildman–Crippen LogP) is 4.27. The number of nitrogen functional groups attached to an aromatic ring is 1. The second-order valence-electron chi connectivity index (χ2n) is 8.58. The highest BCUT2D eigenvalue weighted by Crippen LogP contribution is 2.30. The van der Waals surface area contributed by atoms with Crippen LogP contribution in [0.4, 0.5) is 15.9 Å². The zero-order valence-electron chi connectivity index (χ0n) is 20.2. The Morgan fingerprint density at radius 3 is 2.58 bits per heavy atom. The van der Waals surface area contributed by atoms with Crippen LogP contribution in [-0.4, -0.2) is 29.1 Å². The minimum absolute atomic E-state index is 0.0791. The van der Waals surface area contributed by atoms with Crippen molar-refractivity contribution in [2.24, 2.45) is 5.14 Å². The first kappa shape index (κ1) is 25.1. The monoisotopic (exact) mass is 530 g/mol. The van der Waals surface area contributed by atoms with Gasteiger partial charge in [-0.05, 0) is 59.8 Å². The Hall–Kier alpha value is -4.61. The number of halogens is 1. The summed E-state index contributed by atoms with van der Waals surface area (Å²) in [6.45, 7) is 1.91. The molecular weight excluding hydrogens is 507 g/mol. The van der Waals surface area contributed by atoms with E-state index in [-0.39, 0.29) is 21.8 Å². The largest absolute Gasteiger partial charge is 0.383 e. The van der Waals surface area contributed by atoms with Gasteiger partial charge in [0, 0.05) is 17.1 Å². The van der Waals surface area contributed by atoms with Crippen LogP contribution in [0, 0.1) is 5.82 Å². The van der Waals surface area contributed by atoms with E-state index in [0.29, 0.717) is 34.6 Å². The van der Waals surface area contributed by atoms with Crippen molar-refractivity contribution in [1.82, 2.24) is 14.8 Å². The van der Waals surface area contributed by atoms with Crippen LogP contribution in [0.25, 0.3) is 27.6 Å². The van der Waals surface area contributed by atoms with Crippen LogP contribution in [0.15, 0.2) is 83.9 Å². The van der Waals surface area contributed by atoms with Crippen LogP contribution in [-0.2, 0) is 16.4 Å². The van der Waals surface area contributed by atoms with Gasteiger partial charge in [-0.3, -0.25) is 4.79 Å². The number of benzene rings is 3. The van der Waals surface area contributed by atoms with E-state index in [1.165, 1.54) is 35.0 Å². The van der Waals surface area contributed by atoms with Crippen molar-refractivity contribution in [3.8, 4) is 16.8 Å². The maximum Gasteiger partial charge on any atom is 0.274 e. The predicted molar refractivity (Wildman–Crippen MR) is 144 cm³/mol. The molecule has 3 aromatic carbocycles. The Balaban J connectivity index is 1.49. The second kappa shape index (κ2) is 9.69. The van der Waals surface area contributed by atoms with Crippen molar-refractivity contribution in [2.75, 3.05) is 11.1 Å². The molecule has 0 unspecified atom stereocenters. The first-order chi connectivity index (χ1) is 18.2. The van der Waals surface area contributed by atoms with E-state index in [1.54, 1.807) is 24.4 Å². The number of nitrogens with one attached hydrogen (secondary N) is 1. The van der Waals surface area contributed by atoms with Gasteiger partial charge in [-0.25, -0.2) is 27.6 Å². The average Bonchev–Trinajstić information content (AvgIpc) is 3.34. The van der Waals surface area contributed by atoms with Crippen molar-refractivity contribution < 1.29 is 17.6 Å². The van der Waals surface area contributed by atoms with Crippen molar-refractivity contribution in [3.63, 3.8) is 0 Å². The fourth-order valence-electron chi connectivity index (χ4n) is 4.20. The molecule has 0 aliphatic rings. The molecule has 1 amide bonds. The summed E-state index contributed by atoms with van der Waals surface area (Å²) in [4.78, 5) is 17.3. The number of carbonyl (C=O) groups excluding carboxylic acids is 1. The lowest BCUT2D eigenvalue weighted by Crippen LogP contribution is -2.18. The standard InChI is InChI=1S/C27H23FN6O3S/c1-2-18-14-24(34(33-18)19-9-7-16-11-12-31-26(29)21(16)15-19)27(35)32-23-10-8-17(13-22(23)28)20-5-3-4-6-25(20)38(30,36)37/h3-15H,2H2,1H3,(H2,29,31)(H,32,35)(H2,30,36,37). The van der Waals surface area contributed by atoms with Gasteiger partial charge in [0.1, 0.15) is 17.3 Å². The number of sulfonamides is 1. The van der Waals surface area contributed by atoms with E-state index in [4.69, 9.17) is 10.9 Å². The number of hydrogen-bond donors (Lipinski definition) is 3. The van der Waals surface area contributed by atoms with Crippen molar-refractivity contribution >= 4 is 38.2 Å². The number of aromatic nitrogens is 3. The van der Waals surface area contributed by atoms with Crippen LogP contribution in [0.5, 0.6) is 0 Å². The van der Waals surface area contributed by atoms with Gasteiger partial charge in [0.25, 0.3) is 5.91 Å². The molecule has 9 nitrogen and oxygen atoms in total. The zero-order valence-corrected chi connectivity index (χ0v) is 21.0. The van der Waals surface area contributed by atoms with E-state index in [1.807, 2.05) is 25.1 Å². The fourth-order valence-corrected chi connectivity index (χ4v) is 4.96. The van der Waals surface area contributed by atoms with Crippen molar-refractivity contribution in [2.45, 2.75) is 18.2 Å². The number of carbonyl (C=O) groups is 1. The van der Waals surface area contributed by atoms with Gasteiger partial charge < -0.3 is 11.1 Å². The van der Waals surface area contributed by atoms with Crippen LogP contribution < -0.4 is 16.2 Å². The van der Waals surface area contributed by atoms with Crippen molar-refractivity contribution in [3.05, 3.63) is 96.2 Å². The molecule has 5 aromatic rings. The van der Waals surface area contributed by atoms with Gasteiger partial charge in [-0.15, -0.1) is 0 Å². The third kappa shape index (κ3) is 4.72. The fraction of sp³-hybridized carbons (Fsp3) is 0.0741. The summed E-state index contributed by atoms with van der Waals surface area (Å²) in [6.07, 6.45) is 2.20. The lowest BCUT2D eigenvalue weighted by Gasteiger charge is -2.12. The molecule has 192 valence electrons. The van der Waals surface area contributed by atoms with Gasteiger partial charge in [-0.2, -0.15) is 5.10 Å². The highest BCUT2D eigenvalue weighted by Gasteiger charge is 2.20. The Morgan fingerprint density at radius 2 is 1.84 bits per heavy atom. The summed E-state index contributed by atoms with van der Waals surface area (Å²) in [7, 11) is -4.02. The Labute approximate surface area is 218 Å². The van der Waals surface area contributed by atoms with E-state index in [2.05, 4.69) is 15.4 Å². The molecule has 0 aliphatic carbocycles. The molecular formula is C27H23FN6O3S. The number of nitrogens with zero attached hydrogens (tertiary/aromatic N) is 3. The van der Waals surface area contributed by atoms with Crippen LogP contribution >= 0.6 is 0 Å². The first-order valence-electron chi connectivity index (χ1n) is 11.6. The Bertz CT molecular complexity index is 1820. The lowest BCUT2D eigenvalue weighted by atomic mass is 10.0. The molecule has 0 bridgehead atoms. The highest BCUT2D eigenvalue weighted by molar-refractivity contribution is 7.89. The maximum atomic E-state index is 15.1. The third-order valence-electron chi connectivity index (χ3n) is 6.10. The number of pyridine rings is 1. The van der Waals surface area contributed by atoms with Gasteiger partial charge in [-0.1, -0.05) is 37.3 Å². The minimum atomic E-state index is -4.02. The van der Waals surface area contributed by atoms with Crippen LogP contribution in [0.1, 0.15) is 23.1 Å². The number of aryl methyl sites for hydroxylation is 1.